The van der Waals surface area contributed by atoms with Gasteiger partial charge in [0, 0.05) is 17.9 Å². The second-order valence-corrected chi connectivity index (χ2v) is 5.25. The Morgan fingerprint density at radius 1 is 1.19 bits per heavy atom. The number of hydrogen-bond acceptors (Lipinski definition) is 2. The lowest BCUT2D eigenvalue weighted by atomic mass is 9.76. The van der Waals surface area contributed by atoms with Crippen LogP contribution in [0.1, 0.15) is 65.2 Å². The first kappa shape index (κ1) is 13.7. The molecule has 1 N–H and O–H groups in total. The standard InChI is InChI=1S/C14H27NO/c1-4-12(5-2)13(16)11-14(15-3)9-7-6-8-10-14/h12,15H,4-11H2,1-3H3. The van der Waals surface area contributed by atoms with Crippen LogP contribution in [0, 0.1) is 5.92 Å². The molecule has 1 rings (SSSR count). The zero-order chi connectivity index (χ0) is 12.0. The molecule has 0 aromatic carbocycles. The average Bonchev–Trinajstić information content (AvgIpc) is 2.32. The summed E-state index contributed by atoms with van der Waals surface area (Å²) in [6, 6.07) is 0. The molecular weight excluding hydrogens is 198 g/mol. The quantitative estimate of drug-likeness (QED) is 0.751. The van der Waals surface area contributed by atoms with Crippen molar-refractivity contribution in [1.29, 1.82) is 0 Å². The van der Waals surface area contributed by atoms with Crippen LogP contribution in [-0.4, -0.2) is 18.4 Å². The molecule has 0 amide bonds. The van der Waals surface area contributed by atoms with Gasteiger partial charge < -0.3 is 5.32 Å². The minimum Gasteiger partial charge on any atom is -0.314 e. The average molecular weight is 225 g/mol. The zero-order valence-corrected chi connectivity index (χ0v) is 11.1. The fourth-order valence-corrected chi connectivity index (χ4v) is 2.97. The zero-order valence-electron chi connectivity index (χ0n) is 11.1. The highest BCUT2D eigenvalue weighted by Gasteiger charge is 2.33. The van der Waals surface area contributed by atoms with Gasteiger partial charge >= 0.3 is 0 Å². The van der Waals surface area contributed by atoms with Crippen LogP contribution in [0.25, 0.3) is 0 Å². The van der Waals surface area contributed by atoms with Crippen LogP contribution in [0.2, 0.25) is 0 Å². The molecule has 0 saturated heterocycles. The third-order valence-electron chi connectivity index (χ3n) is 4.29. The fourth-order valence-electron chi connectivity index (χ4n) is 2.97. The molecule has 0 aliphatic heterocycles. The number of nitrogens with one attached hydrogen (secondary N) is 1. The van der Waals surface area contributed by atoms with Crippen molar-refractivity contribution in [3.8, 4) is 0 Å². The minimum absolute atomic E-state index is 0.123. The molecular formula is C14H27NO. The summed E-state index contributed by atoms with van der Waals surface area (Å²) < 4.78 is 0. The van der Waals surface area contributed by atoms with E-state index in [0.29, 0.717) is 5.78 Å². The molecule has 0 heterocycles. The Bertz CT molecular complexity index is 215. The molecule has 0 aromatic rings. The Balaban J connectivity index is 2.57. The maximum Gasteiger partial charge on any atom is 0.137 e. The lowest BCUT2D eigenvalue weighted by molar-refractivity contribution is -0.124. The van der Waals surface area contributed by atoms with E-state index in [2.05, 4.69) is 19.2 Å². The summed E-state index contributed by atoms with van der Waals surface area (Å²) in [5.41, 5.74) is 0.123. The van der Waals surface area contributed by atoms with Crippen molar-refractivity contribution in [1.82, 2.24) is 5.32 Å². The maximum atomic E-state index is 12.2. The molecule has 0 radical (unpaired) electrons. The van der Waals surface area contributed by atoms with Gasteiger partial charge in [0.15, 0.2) is 0 Å². The van der Waals surface area contributed by atoms with E-state index in [1.165, 1.54) is 32.1 Å². The first-order valence-corrected chi connectivity index (χ1v) is 6.89. The van der Waals surface area contributed by atoms with Crippen LogP contribution in [0.3, 0.4) is 0 Å². The highest BCUT2D eigenvalue weighted by atomic mass is 16.1. The summed E-state index contributed by atoms with van der Waals surface area (Å²) in [6.45, 7) is 4.25. The number of carbonyl (C=O) groups is 1. The summed E-state index contributed by atoms with van der Waals surface area (Å²) in [5.74, 6) is 0.758. The third kappa shape index (κ3) is 3.31. The molecule has 0 aromatic heterocycles. The summed E-state index contributed by atoms with van der Waals surface area (Å²) in [7, 11) is 2.02. The molecule has 1 aliphatic carbocycles. The van der Waals surface area contributed by atoms with Gasteiger partial charge in [-0.05, 0) is 32.7 Å². The van der Waals surface area contributed by atoms with Crippen molar-refractivity contribution in [3.63, 3.8) is 0 Å². The molecule has 0 unspecified atom stereocenters. The van der Waals surface area contributed by atoms with Crippen molar-refractivity contribution >= 4 is 5.78 Å². The number of rotatable bonds is 6. The second-order valence-electron chi connectivity index (χ2n) is 5.25. The summed E-state index contributed by atoms with van der Waals surface area (Å²) in [5, 5.41) is 3.43. The molecule has 16 heavy (non-hydrogen) atoms. The topological polar surface area (TPSA) is 29.1 Å². The molecule has 2 nitrogen and oxygen atoms in total. The van der Waals surface area contributed by atoms with E-state index in [1.54, 1.807) is 0 Å². The predicted octanol–water partition coefficient (Wildman–Crippen LogP) is 3.30. The lowest BCUT2D eigenvalue weighted by Gasteiger charge is -2.37. The van der Waals surface area contributed by atoms with E-state index in [1.807, 2.05) is 7.05 Å². The molecule has 1 aliphatic rings. The molecule has 0 atom stereocenters. The van der Waals surface area contributed by atoms with E-state index in [4.69, 9.17) is 0 Å². The Morgan fingerprint density at radius 3 is 2.19 bits per heavy atom. The van der Waals surface area contributed by atoms with Crippen molar-refractivity contribution < 1.29 is 4.79 Å². The van der Waals surface area contributed by atoms with Gasteiger partial charge in [0.25, 0.3) is 0 Å². The molecule has 1 saturated carbocycles. The van der Waals surface area contributed by atoms with Gasteiger partial charge in [-0.25, -0.2) is 0 Å². The van der Waals surface area contributed by atoms with Crippen LogP contribution >= 0.6 is 0 Å². The molecule has 94 valence electrons. The Labute approximate surface area is 100 Å². The number of hydrogen-bond donors (Lipinski definition) is 1. The van der Waals surface area contributed by atoms with Gasteiger partial charge in [0.05, 0.1) is 0 Å². The van der Waals surface area contributed by atoms with Gasteiger partial charge in [-0.2, -0.15) is 0 Å². The monoisotopic (exact) mass is 225 g/mol. The van der Waals surface area contributed by atoms with Gasteiger partial charge in [-0.3, -0.25) is 4.79 Å². The smallest absolute Gasteiger partial charge is 0.137 e. The van der Waals surface area contributed by atoms with E-state index < -0.39 is 0 Å². The van der Waals surface area contributed by atoms with Crippen LogP contribution in [0.4, 0.5) is 0 Å². The summed E-state index contributed by atoms with van der Waals surface area (Å²) in [4.78, 5) is 12.2. The highest BCUT2D eigenvalue weighted by molar-refractivity contribution is 5.82. The Kier molecular flexibility index (Phi) is 5.47. The first-order chi connectivity index (χ1) is 7.67. The van der Waals surface area contributed by atoms with Crippen LogP contribution < -0.4 is 5.32 Å². The predicted molar refractivity (Wildman–Crippen MR) is 68.6 cm³/mol. The first-order valence-electron chi connectivity index (χ1n) is 6.89. The van der Waals surface area contributed by atoms with Crippen LogP contribution in [0.5, 0.6) is 0 Å². The van der Waals surface area contributed by atoms with Gasteiger partial charge in [0.2, 0.25) is 0 Å². The van der Waals surface area contributed by atoms with E-state index in [-0.39, 0.29) is 11.5 Å². The van der Waals surface area contributed by atoms with Crippen molar-refractivity contribution in [3.05, 3.63) is 0 Å². The number of ketones is 1. The van der Waals surface area contributed by atoms with E-state index in [0.717, 1.165) is 19.3 Å². The lowest BCUT2D eigenvalue weighted by Crippen LogP contribution is -2.47. The largest absolute Gasteiger partial charge is 0.314 e. The molecule has 2 heteroatoms. The summed E-state index contributed by atoms with van der Waals surface area (Å²) in [6.07, 6.45) is 8.97. The van der Waals surface area contributed by atoms with Crippen LogP contribution in [0.15, 0.2) is 0 Å². The van der Waals surface area contributed by atoms with Gasteiger partial charge in [0.1, 0.15) is 5.78 Å². The molecule has 0 bridgehead atoms. The molecule has 0 spiro atoms. The van der Waals surface area contributed by atoms with Gasteiger partial charge in [-0.1, -0.05) is 33.1 Å². The van der Waals surface area contributed by atoms with Crippen molar-refractivity contribution in [2.45, 2.75) is 70.8 Å². The number of Topliss-reactive ketones (excluding diaryl/α,β-unsaturated/α-hetero) is 1. The maximum absolute atomic E-state index is 12.2. The van der Waals surface area contributed by atoms with Gasteiger partial charge in [-0.15, -0.1) is 0 Å². The highest BCUT2D eigenvalue weighted by Crippen LogP contribution is 2.32. The van der Waals surface area contributed by atoms with E-state index >= 15 is 0 Å². The third-order valence-corrected chi connectivity index (χ3v) is 4.29. The van der Waals surface area contributed by atoms with E-state index in [9.17, 15) is 4.79 Å². The minimum atomic E-state index is 0.123. The second kappa shape index (κ2) is 6.39. The SMILES string of the molecule is CCC(CC)C(=O)CC1(NC)CCCCC1. The Morgan fingerprint density at radius 2 is 1.75 bits per heavy atom. The fraction of sp³-hybridized carbons (Fsp3) is 0.929. The number of carbonyl (C=O) groups excluding carboxylic acids is 1. The normalized spacial score (nSPS) is 20.0. The summed E-state index contributed by atoms with van der Waals surface area (Å²) >= 11 is 0. The Hall–Kier alpha value is -0.370. The molecule has 1 fully saturated rings. The van der Waals surface area contributed by atoms with Crippen LogP contribution in [-0.2, 0) is 4.79 Å². The van der Waals surface area contributed by atoms with Crippen molar-refractivity contribution in [2.24, 2.45) is 5.92 Å². The van der Waals surface area contributed by atoms with Crippen molar-refractivity contribution in [2.75, 3.05) is 7.05 Å².